The van der Waals surface area contributed by atoms with Crippen LogP contribution in [0, 0.1) is 0 Å². The molecule has 10 heteroatoms. The van der Waals surface area contributed by atoms with Crippen LogP contribution in [0.2, 0.25) is 0 Å². The molecule has 0 spiro atoms. The van der Waals surface area contributed by atoms with Gasteiger partial charge in [0.05, 0.1) is 21.2 Å². The van der Waals surface area contributed by atoms with Crippen molar-refractivity contribution in [1.29, 1.82) is 0 Å². The fourth-order valence-electron chi connectivity index (χ4n) is 5.24. The predicted octanol–water partition coefficient (Wildman–Crippen LogP) is 6.63. The molecule has 43 heavy (non-hydrogen) atoms. The number of rotatable bonds is 6. The summed E-state index contributed by atoms with van der Waals surface area (Å²) in [5.41, 5.74) is 2.55. The minimum absolute atomic E-state index is 0.259. The molecule has 1 aliphatic rings. The second-order valence-corrected chi connectivity index (χ2v) is 14.7. The maximum absolute atomic E-state index is 12.8. The zero-order valence-electron chi connectivity index (χ0n) is 25.2. The van der Waals surface area contributed by atoms with E-state index in [1.54, 1.807) is 49.2 Å². The molecule has 5 rings (SSSR count). The highest BCUT2D eigenvalue weighted by Crippen LogP contribution is 2.32. The highest BCUT2D eigenvalue weighted by atomic mass is 32.2. The number of nitrogens with one attached hydrogen (secondary N) is 2. The third-order valence-electron chi connectivity index (χ3n) is 7.65. The smallest absolute Gasteiger partial charge is 0.410 e. The van der Waals surface area contributed by atoms with E-state index in [9.17, 15) is 18.0 Å². The number of fused-ring (bicyclic) bond motifs is 1. The van der Waals surface area contributed by atoms with Crippen molar-refractivity contribution in [3.63, 3.8) is 0 Å². The quantitative estimate of drug-likeness (QED) is 0.254. The molecular formula is C33H38N4O5S. The summed E-state index contributed by atoms with van der Waals surface area (Å²) < 4.78 is 30.7. The van der Waals surface area contributed by atoms with Crippen molar-refractivity contribution in [3.8, 4) is 11.3 Å². The Balaban J connectivity index is 1.36. The molecule has 3 heterocycles. The fourth-order valence-corrected chi connectivity index (χ4v) is 6.30. The second-order valence-electron chi connectivity index (χ2n) is 12.2. The summed E-state index contributed by atoms with van der Waals surface area (Å²) in [5, 5.41) is 3.95. The van der Waals surface area contributed by atoms with E-state index in [4.69, 9.17) is 9.72 Å². The van der Waals surface area contributed by atoms with Crippen LogP contribution in [-0.4, -0.2) is 53.3 Å². The van der Waals surface area contributed by atoms with Crippen molar-refractivity contribution in [1.82, 2.24) is 14.9 Å². The van der Waals surface area contributed by atoms with Crippen molar-refractivity contribution in [2.45, 2.75) is 69.1 Å². The lowest BCUT2D eigenvalue weighted by molar-refractivity contribution is 0.0205. The summed E-state index contributed by atoms with van der Waals surface area (Å²) in [6.07, 6.45) is 3.04. The third-order valence-corrected chi connectivity index (χ3v) is 9.82. The number of carbonyl (C=O) groups excluding carboxylic acids is 1. The normalized spacial score (nSPS) is 14.7. The molecule has 0 unspecified atom stereocenters. The highest BCUT2D eigenvalue weighted by Gasteiger charge is 2.27. The minimum Gasteiger partial charge on any atom is -0.444 e. The van der Waals surface area contributed by atoms with Crippen LogP contribution in [0.1, 0.15) is 58.9 Å². The van der Waals surface area contributed by atoms with Gasteiger partial charge in [0, 0.05) is 30.5 Å². The van der Waals surface area contributed by atoms with E-state index in [0.717, 1.165) is 24.1 Å². The van der Waals surface area contributed by atoms with E-state index in [-0.39, 0.29) is 16.5 Å². The number of ether oxygens (including phenoxy) is 1. The average molecular weight is 603 g/mol. The summed E-state index contributed by atoms with van der Waals surface area (Å²) in [6, 6.07) is 18.4. The van der Waals surface area contributed by atoms with Gasteiger partial charge in [0.2, 0.25) is 0 Å². The number of anilines is 2. The third kappa shape index (κ3) is 6.74. The first-order valence-electron chi connectivity index (χ1n) is 14.5. The number of aromatic nitrogens is 2. The molecule has 9 nitrogen and oxygen atoms in total. The first-order chi connectivity index (χ1) is 20.3. The minimum atomic E-state index is -3.39. The van der Waals surface area contributed by atoms with E-state index >= 15 is 0 Å². The van der Waals surface area contributed by atoms with E-state index in [1.165, 1.54) is 5.56 Å². The molecule has 2 N–H and O–H groups in total. The molecule has 0 bridgehead atoms. The van der Waals surface area contributed by atoms with Gasteiger partial charge in [-0.3, -0.25) is 4.79 Å². The summed E-state index contributed by atoms with van der Waals surface area (Å²) in [5.74, 6) is 0.743. The van der Waals surface area contributed by atoms with Crippen molar-refractivity contribution < 1.29 is 17.9 Å². The van der Waals surface area contributed by atoms with Crippen LogP contribution in [0.4, 0.5) is 16.3 Å². The fraction of sp³-hybridized carbons (Fsp3) is 0.364. The number of sulfone groups is 1. The first kappa shape index (κ1) is 30.3. The number of aromatic amines is 1. The second kappa shape index (κ2) is 11.8. The van der Waals surface area contributed by atoms with Gasteiger partial charge in [0.1, 0.15) is 11.4 Å². The molecule has 0 atom stereocenters. The van der Waals surface area contributed by atoms with Crippen molar-refractivity contribution in [2.75, 3.05) is 18.4 Å². The number of piperidine rings is 1. The van der Waals surface area contributed by atoms with Crippen LogP contribution in [0.25, 0.3) is 22.0 Å². The lowest BCUT2D eigenvalue weighted by atomic mass is 9.89. The van der Waals surface area contributed by atoms with Gasteiger partial charge in [0.25, 0.3) is 5.56 Å². The Bertz CT molecular complexity index is 1780. The van der Waals surface area contributed by atoms with Crippen LogP contribution >= 0.6 is 0 Å². The molecule has 4 aromatic rings. The van der Waals surface area contributed by atoms with E-state index in [2.05, 4.69) is 22.4 Å². The number of hydrogen-bond donors (Lipinski definition) is 2. The largest absolute Gasteiger partial charge is 0.444 e. The Morgan fingerprint density at radius 3 is 2.28 bits per heavy atom. The number of benzene rings is 2. The zero-order valence-corrected chi connectivity index (χ0v) is 26.0. The highest BCUT2D eigenvalue weighted by molar-refractivity contribution is 7.92. The lowest BCUT2D eigenvalue weighted by Crippen LogP contribution is -2.41. The van der Waals surface area contributed by atoms with Gasteiger partial charge in [-0.25, -0.2) is 18.2 Å². The molecule has 0 aliphatic carbocycles. The molecular weight excluding hydrogens is 564 g/mol. The maximum atomic E-state index is 12.8. The number of nitrogens with zero attached hydrogens (tertiary/aromatic N) is 2. The molecule has 226 valence electrons. The lowest BCUT2D eigenvalue weighted by Gasteiger charge is -2.33. The summed E-state index contributed by atoms with van der Waals surface area (Å²) in [6.45, 7) is 10.2. The Morgan fingerprint density at radius 2 is 1.67 bits per heavy atom. The first-order valence-corrected chi connectivity index (χ1v) is 16.1. The molecule has 1 saturated heterocycles. The Hall–Kier alpha value is -4.18. The maximum Gasteiger partial charge on any atom is 0.410 e. The monoisotopic (exact) mass is 602 g/mol. The Labute approximate surface area is 252 Å². The molecule has 0 radical (unpaired) electrons. The molecule has 1 fully saturated rings. The number of pyridine rings is 2. The van der Waals surface area contributed by atoms with Crippen molar-refractivity contribution in [3.05, 3.63) is 82.8 Å². The van der Waals surface area contributed by atoms with Crippen LogP contribution in [0.3, 0.4) is 0 Å². The molecule has 1 amide bonds. The summed E-state index contributed by atoms with van der Waals surface area (Å²) >= 11 is 0. The predicted molar refractivity (Wildman–Crippen MR) is 170 cm³/mol. The van der Waals surface area contributed by atoms with Gasteiger partial charge < -0.3 is 19.9 Å². The van der Waals surface area contributed by atoms with E-state index in [0.29, 0.717) is 41.3 Å². The van der Waals surface area contributed by atoms with Gasteiger partial charge in [-0.15, -0.1) is 0 Å². The van der Waals surface area contributed by atoms with Crippen molar-refractivity contribution >= 4 is 38.2 Å². The van der Waals surface area contributed by atoms with Crippen LogP contribution in [-0.2, 0) is 14.6 Å². The Morgan fingerprint density at radius 1 is 1.02 bits per heavy atom. The van der Waals surface area contributed by atoms with Gasteiger partial charge in [0.15, 0.2) is 9.84 Å². The van der Waals surface area contributed by atoms with Gasteiger partial charge in [-0.2, -0.15) is 0 Å². The zero-order chi connectivity index (χ0) is 30.9. The van der Waals surface area contributed by atoms with Crippen molar-refractivity contribution in [2.24, 2.45) is 0 Å². The van der Waals surface area contributed by atoms with Crippen LogP contribution < -0.4 is 10.9 Å². The van der Waals surface area contributed by atoms with Gasteiger partial charge >= 0.3 is 6.09 Å². The van der Waals surface area contributed by atoms with Gasteiger partial charge in [-0.1, -0.05) is 24.3 Å². The molecule has 2 aromatic heterocycles. The summed E-state index contributed by atoms with van der Waals surface area (Å²) in [7, 11) is -3.39. The topological polar surface area (TPSA) is 121 Å². The molecule has 1 aliphatic heterocycles. The number of amides is 1. The SMILES string of the molecule is CC(C)S(=O)(=O)c1ccc(-c2cc3cc[nH]c(=O)c3c(Nc3ccc(C4CCN(C(=O)OC(C)(C)C)CC4)cc3)n2)cc1. The number of likely N-dealkylation sites (tertiary alicyclic amines) is 1. The van der Waals surface area contributed by atoms with E-state index in [1.807, 2.05) is 45.0 Å². The summed E-state index contributed by atoms with van der Waals surface area (Å²) in [4.78, 5) is 34.8. The van der Waals surface area contributed by atoms with E-state index < -0.39 is 20.7 Å². The van der Waals surface area contributed by atoms with Crippen LogP contribution in [0.5, 0.6) is 0 Å². The number of H-pyrrole nitrogens is 1. The van der Waals surface area contributed by atoms with Gasteiger partial charge in [-0.05, 0) is 101 Å². The van der Waals surface area contributed by atoms with Crippen LogP contribution in [0.15, 0.2) is 76.6 Å². The Kier molecular flexibility index (Phi) is 8.34. The number of hydrogen-bond acceptors (Lipinski definition) is 7. The molecule has 2 aromatic carbocycles. The standard InChI is InChI=1S/C33H38N4O5S/c1-21(2)43(40,41)27-12-8-24(9-13-27)28-20-25-14-17-34-31(38)29(25)30(36-28)35-26-10-6-22(7-11-26)23-15-18-37(19-16-23)32(39)42-33(3,4)5/h6-14,17,20-21,23H,15-16,18-19H2,1-5H3,(H,34,38)(H,35,36). The molecule has 0 saturated carbocycles. The average Bonchev–Trinajstić information content (AvgIpc) is 2.96. The number of carbonyl (C=O) groups is 1.